The standard InChI is InChI=1S/C31H31N3O2.ClH/c1-4-20-16-34(17-27(36)29-19(2)33(3)26-12-8-5-9-21(26)29)14-13-31-24-10-6-7-11-25(24)32-30(31)23(18-35)22(20)15-28(31)34;/h4-12,18,22,28H,13-17H2,1-3H3;1H/b20-4-;/t22-,28-,31+,34?;/m0./s1. The van der Waals surface area contributed by atoms with Crippen LogP contribution < -0.4 is 17.7 Å². The second-order valence-corrected chi connectivity index (χ2v) is 11.2. The van der Waals surface area contributed by atoms with Crippen molar-refractivity contribution < 1.29 is 26.5 Å². The zero-order valence-electron chi connectivity index (χ0n) is 21.6. The number of Topliss-reactive ketones (excluding diaryl/α,β-unsaturated/α-hetero) is 1. The van der Waals surface area contributed by atoms with Crippen molar-refractivity contribution in [2.24, 2.45) is 13.0 Å². The number of para-hydroxylation sites is 2. The number of ketones is 1. The molecule has 1 aromatic heterocycles. The van der Waals surface area contributed by atoms with Crippen LogP contribution >= 0.6 is 0 Å². The number of fused-ring (bicyclic) bond motifs is 3. The van der Waals surface area contributed by atoms with Gasteiger partial charge in [-0.3, -0.25) is 9.59 Å². The molecule has 2 saturated heterocycles. The van der Waals surface area contributed by atoms with Gasteiger partial charge in [-0.15, -0.1) is 0 Å². The van der Waals surface area contributed by atoms with E-state index in [9.17, 15) is 9.59 Å². The molecule has 2 bridgehead atoms. The van der Waals surface area contributed by atoms with Crippen LogP contribution in [0.2, 0.25) is 0 Å². The lowest BCUT2D eigenvalue weighted by molar-refractivity contribution is -0.934. The molecular formula is C31H32ClN3O2. The van der Waals surface area contributed by atoms with E-state index < -0.39 is 0 Å². The molecule has 190 valence electrons. The lowest BCUT2D eigenvalue weighted by Crippen LogP contribution is -3.00. The van der Waals surface area contributed by atoms with Crippen LogP contribution in [0.4, 0.5) is 5.69 Å². The predicted molar refractivity (Wildman–Crippen MR) is 142 cm³/mol. The van der Waals surface area contributed by atoms with E-state index in [-0.39, 0.29) is 35.6 Å². The molecule has 4 atom stereocenters. The predicted octanol–water partition coefficient (Wildman–Crippen LogP) is 2.06. The third kappa shape index (κ3) is 2.90. The lowest BCUT2D eigenvalue weighted by Gasteiger charge is -2.53. The number of anilines is 1. The Labute approximate surface area is 223 Å². The first-order valence-corrected chi connectivity index (χ1v) is 13.1. The maximum absolute atomic E-state index is 14.2. The summed E-state index contributed by atoms with van der Waals surface area (Å²) in [6.07, 6.45) is 5.18. The van der Waals surface area contributed by atoms with Crippen molar-refractivity contribution in [1.82, 2.24) is 4.57 Å². The first-order chi connectivity index (χ1) is 17.4. The topological polar surface area (TPSA) is 51.1 Å². The molecule has 1 aliphatic carbocycles. The highest BCUT2D eigenvalue weighted by atomic mass is 35.5. The van der Waals surface area contributed by atoms with Crippen molar-refractivity contribution in [2.45, 2.75) is 38.1 Å². The molecule has 3 aromatic rings. The quantitative estimate of drug-likeness (QED) is 0.251. The summed E-state index contributed by atoms with van der Waals surface area (Å²) in [5.74, 6) is 0.377. The van der Waals surface area contributed by atoms with Crippen molar-refractivity contribution in [3.8, 4) is 0 Å². The lowest BCUT2D eigenvalue weighted by atomic mass is 9.61. The molecule has 3 aliphatic heterocycles. The van der Waals surface area contributed by atoms with Crippen LogP contribution in [0.1, 0.15) is 41.4 Å². The fourth-order valence-corrected chi connectivity index (χ4v) is 8.37. The summed E-state index contributed by atoms with van der Waals surface area (Å²) in [5, 5.41) is 4.74. The Kier molecular flexibility index (Phi) is 5.35. The molecule has 0 radical (unpaired) electrons. The first kappa shape index (κ1) is 24.2. The van der Waals surface area contributed by atoms with Gasteiger partial charge in [0.1, 0.15) is 25.4 Å². The molecule has 37 heavy (non-hydrogen) atoms. The Morgan fingerprint density at radius 1 is 1.19 bits per heavy atom. The van der Waals surface area contributed by atoms with Gasteiger partial charge in [0, 0.05) is 59.4 Å². The molecule has 1 spiro atoms. The van der Waals surface area contributed by atoms with E-state index >= 15 is 0 Å². The van der Waals surface area contributed by atoms with E-state index in [2.05, 4.69) is 73.3 Å². The SMILES string of the molecule is C/C=C1/C[N+]2(CC(=O)c3c(C)n(C)c4ccccc34)CC[C@]34C(=C(C=O)[C@H]1C[C@@H]32)Nc1ccccc14.[Cl-]. The van der Waals surface area contributed by atoms with Crippen LogP contribution in [0.3, 0.4) is 0 Å². The van der Waals surface area contributed by atoms with Crippen LogP contribution in [0.25, 0.3) is 10.9 Å². The zero-order valence-corrected chi connectivity index (χ0v) is 22.3. The maximum Gasteiger partial charge on any atom is 0.219 e. The molecular weight excluding hydrogens is 482 g/mol. The van der Waals surface area contributed by atoms with Crippen molar-refractivity contribution >= 4 is 28.7 Å². The molecule has 4 aliphatic rings. The van der Waals surface area contributed by atoms with Gasteiger partial charge >= 0.3 is 0 Å². The maximum atomic E-state index is 14.2. The van der Waals surface area contributed by atoms with Gasteiger partial charge in [-0.1, -0.05) is 42.5 Å². The van der Waals surface area contributed by atoms with Gasteiger partial charge in [-0.05, 0) is 37.1 Å². The molecule has 7 rings (SSSR count). The first-order valence-electron chi connectivity index (χ1n) is 13.1. The van der Waals surface area contributed by atoms with Crippen LogP contribution in [-0.4, -0.2) is 46.8 Å². The Balaban J connectivity index is 0.00000252. The second-order valence-electron chi connectivity index (χ2n) is 11.2. The molecule has 6 heteroatoms. The van der Waals surface area contributed by atoms with Crippen LogP contribution in [0.5, 0.6) is 0 Å². The van der Waals surface area contributed by atoms with Crippen molar-refractivity contribution in [3.63, 3.8) is 0 Å². The minimum absolute atomic E-state index is 0. The van der Waals surface area contributed by atoms with Crippen molar-refractivity contribution in [1.29, 1.82) is 0 Å². The van der Waals surface area contributed by atoms with E-state index in [1.165, 1.54) is 11.1 Å². The number of hydrogen-bond donors (Lipinski definition) is 1. The number of carbonyl (C=O) groups excluding carboxylic acids is 2. The third-order valence-corrected chi connectivity index (χ3v) is 10.00. The number of nitrogens with one attached hydrogen (secondary N) is 1. The summed E-state index contributed by atoms with van der Waals surface area (Å²) in [6, 6.07) is 17.1. The number of hydrogen-bond acceptors (Lipinski definition) is 3. The van der Waals surface area contributed by atoms with E-state index in [1.807, 2.05) is 12.1 Å². The number of quaternary nitrogens is 1. The van der Waals surface area contributed by atoms with Gasteiger partial charge in [-0.25, -0.2) is 0 Å². The largest absolute Gasteiger partial charge is 1.00 e. The van der Waals surface area contributed by atoms with Crippen LogP contribution in [0, 0.1) is 12.8 Å². The molecule has 1 N–H and O–H groups in total. The second kappa shape index (κ2) is 8.17. The summed E-state index contributed by atoms with van der Waals surface area (Å²) < 4.78 is 2.93. The summed E-state index contributed by atoms with van der Waals surface area (Å²) in [4.78, 5) is 26.7. The average molecular weight is 514 g/mol. The molecule has 0 saturated carbocycles. The highest BCUT2D eigenvalue weighted by Gasteiger charge is 2.68. The molecule has 2 fully saturated rings. The normalized spacial score (nSPS) is 30.1. The van der Waals surface area contributed by atoms with E-state index in [0.717, 1.165) is 75.8 Å². The summed E-state index contributed by atoms with van der Waals surface area (Å²) >= 11 is 0. The van der Waals surface area contributed by atoms with Gasteiger partial charge in [0.25, 0.3) is 0 Å². The molecule has 0 amide bonds. The fourth-order valence-electron chi connectivity index (χ4n) is 8.37. The average Bonchev–Trinajstić information content (AvgIpc) is 3.50. The van der Waals surface area contributed by atoms with Crippen LogP contribution in [0.15, 0.2) is 71.5 Å². The molecule has 5 nitrogen and oxygen atoms in total. The smallest absolute Gasteiger partial charge is 0.219 e. The Hall–Kier alpha value is -3.15. The number of piperidine rings is 1. The van der Waals surface area contributed by atoms with E-state index in [1.54, 1.807) is 0 Å². The number of halogens is 1. The van der Waals surface area contributed by atoms with Crippen molar-refractivity contribution in [2.75, 3.05) is 25.0 Å². The molecule has 1 unspecified atom stereocenters. The zero-order chi connectivity index (χ0) is 24.8. The van der Waals surface area contributed by atoms with Gasteiger partial charge in [0.2, 0.25) is 5.78 Å². The third-order valence-electron chi connectivity index (χ3n) is 10.00. The number of aryl methyl sites for hydroxylation is 1. The number of aromatic nitrogens is 1. The molecule has 2 aromatic carbocycles. The monoisotopic (exact) mass is 513 g/mol. The number of benzene rings is 2. The number of aldehydes is 1. The Bertz CT molecular complexity index is 1550. The minimum Gasteiger partial charge on any atom is -1.00 e. The number of allylic oxidation sites excluding steroid dienone is 2. The summed E-state index contributed by atoms with van der Waals surface area (Å²) in [6.45, 7) is 6.44. The van der Waals surface area contributed by atoms with Gasteiger partial charge in [-0.2, -0.15) is 0 Å². The highest BCUT2D eigenvalue weighted by molar-refractivity contribution is 6.10. The van der Waals surface area contributed by atoms with E-state index in [0.29, 0.717) is 6.54 Å². The Morgan fingerprint density at radius 3 is 2.73 bits per heavy atom. The van der Waals surface area contributed by atoms with Crippen molar-refractivity contribution in [3.05, 3.63) is 88.3 Å². The Morgan fingerprint density at radius 2 is 1.95 bits per heavy atom. The minimum atomic E-state index is -0.212. The number of nitrogens with zero attached hydrogens (tertiary/aromatic N) is 2. The summed E-state index contributed by atoms with van der Waals surface area (Å²) in [7, 11) is 2.05. The van der Waals surface area contributed by atoms with Gasteiger partial charge in [0.05, 0.1) is 17.5 Å². The van der Waals surface area contributed by atoms with E-state index in [4.69, 9.17) is 0 Å². The van der Waals surface area contributed by atoms with Gasteiger partial charge < -0.3 is 26.8 Å². The number of rotatable bonds is 4. The fraction of sp³-hybridized carbons (Fsp3) is 0.355. The highest BCUT2D eigenvalue weighted by Crippen LogP contribution is 2.63. The summed E-state index contributed by atoms with van der Waals surface area (Å²) in [5.41, 5.74) is 8.56. The molecule has 4 heterocycles. The van der Waals surface area contributed by atoms with Crippen LogP contribution in [-0.2, 0) is 17.3 Å². The van der Waals surface area contributed by atoms with Gasteiger partial charge in [0.15, 0.2) is 0 Å². The number of carbonyl (C=O) groups is 2.